The maximum absolute atomic E-state index is 3.69. The van der Waals surface area contributed by atoms with E-state index < -0.39 is 0 Å². The Morgan fingerprint density at radius 2 is 1.87 bits per heavy atom. The van der Waals surface area contributed by atoms with E-state index in [4.69, 9.17) is 0 Å². The minimum atomic E-state index is 0.783. The highest BCUT2D eigenvalue weighted by atomic mass is 15.1. The summed E-state index contributed by atoms with van der Waals surface area (Å²) in [5.74, 6) is 1.11. The minimum Gasteiger partial charge on any atom is -0.315 e. The first kappa shape index (κ1) is 10.1. The lowest BCUT2D eigenvalue weighted by Crippen LogP contribution is -2.33. The molecule has 0 amide bonds. The topological polar surface area (TPSA) is 15.3 Å². The molecule has 2 saturated carbocycles. The third-order valence-corrected chi connectivity index (χ3v) is 4.62. The molecule has 0 aromatic rings. The van der Waals surface area contributed by atoms with E-state index in [1.165, 1.54) is 71.2 Å². The molecule has 3 rings (SSSR count). The molecule has 86 valence electrons. The SMILES string of the molecule is C1CCN(CCNCC2(C3CC3)CC2)C1. The molecule has 0 aromatic heterocycles. The van der Waals surface area contributed by atoms with Crippen LogP contribution in [0.2, 0.25) is 0 Å². The van der Waals surface area contributed by atoms with Gasteiger partial charge >= 0.3 is 0 Å². The van der Waals surface area contributed by atoms with Crippen molar-refractivity contribution in [3.63, 3.8) is 0 Å². The summed E-state index contributed by atoms with van der Waals surface area (Å²) in [6, 6.07) is 0. The Morgan fingerprint density at radius 1 is 1.13 bits per heavy atom. The van der Waals surface area contributed by atoms with E-state index >= 15 is 0 Å². The molecule has 1 saturated heterocycles. The normalized spacial score (nSPS) is 29.6. The zero-order valence-corrected chi connectivity index (χ0v) is 9.80. The molecule has 0 aromatic carbocycles. The van der Waals surface area contributed by atoms with Gasteiger partial charge in [-0.25, -0.2) is 0 Å². The van der Waals surface area contributed by atoms with Crippen LogP contribution in [-0.4, -0.2) is 37.6 Å². The lowest BCUT2D eigenvalue weighted by atomic mass is 10.0. The molecule has 2 nitrogen and oxygen atoms in total. The van der Waals surface area contributed by atoms with Crippen LogP contribution in [0.5, 0.6) is 0 Å². The van der Waals surface area contributed by atoms with E-state index in [9.17, 15) is 0 Å². The summed E-state index contributed by atoms with van der Waals surface area (Å²) in [7, 11) is 0. The largest absolute Gasteiger partial charge is 0.315 e. The predicted octanol–water partition coefficient (Wildman–Crippen LogP) is 1.86. The van der Waals surface area contributed by atoms with Gasteiger partial charge in [0.25, 0.3) is 0 Å². The average Bonchev–Trinajstić information content (AvgIpc) is 3.13. The number of nitrogens with one attached hydrogen (secondary N) is 1. The van der Waals surface area contributed by atoms with E-state index in [1.54, 1.807) is 0 Å². The zero-order chi connectivity index (χ0) is 10.1. The molecule has 3 fully saturated rings. The van der Waals surface area contributed by atoms with Crippen LogP contribution in [-0.2, 0) is 0 Å². The third-order valence-electron chi connectivity index (χ3n) is 4.62. The molecular formula is C13H24N2. The highest BCUT2D eigenvalue weighted by molar-refractivity contribution is 5.04. The van der Waals surface area contributed by atoms with Crippen molar-refractivity contribution in [3.8, 4) is 0 Å². The molecule has 2 aliphatic carbocycles. The Kier molecular flexibility index (Phi) is 2.73. The van der Waals surface area contributed by atoms with Crippen LogP contribution in [0.3, 0.4) is 0 Å². The number of hydrogen-bond donors (Lipinski definition) is 1. The van der Waals surface area contributed by atoms with Gasteiger partial charge in [-0.15, -0.1) is 0 Å². The fraction of sp³-hybridized carbons (Fsp3) is 1.00. The quantitative estimate of drug-likeness (QED) is 0.670. The molecular weight excluding hydrogens is 184 g/mol. The molecule has 0 spiro atoms. The molecule has 15 heavy (non-hydrogen) atoms. The molecule has 0 unspecified atom stereocenters. The highest BCUT2D eigenvalue weighted by Gasteiger charge is 2.53. The van der Waals surface area contributed by atoms with Gasteiger partial charge in [-0.1, -0.05) is 0 Å². The van der Waals surface area contributed by atoms with Crippen molar-refractivity contribution >= 4 is 0 Å². The third kappa shape index (κ3) is 2.36. The Hall–Kier alpha value is -0.0800. The van der Waals surface area contributed by atoms with Crippen molar-refractivity contribution in [2.45, 2.75) is 38.5 Å². The van der Waals surface area contributed by atoms with Crippen LogP contribution < -0.4 is 5.32 Å². The monoisotopic (exact) mass is 208 g/mol. The van der Waals surface area contributed by atoms with E-state index in [2.05, 4.69) is 10.2 Å². The Balaban J connectivity index is 1.30. The van der Waals surface area contributed by atoms with Gasteiger partial charge in [-0.3, -0.25) is 0 Å². The minimum absolute atomic E-state index is 0.783. The summed E-state index contributed by atoms with van der Waals surface area (Å²) in [4.78, 5) is 2.60. The smallest absolute Gasteiger partial charge is 0.0107 e. The van der Waals surface area contributed by atoms with E-state index in [0.29, 0.717) is 0 Å². The Morgan fingerprint density at radius 3 is 2.47 bits per heavy atom. The molecule has 0 radical (unpaired) electrons. The average molecular weight is 208 g/mol. The van der Waals surface area contributed by atoms with E-state index in [1.807, 2.05) is 0 Å². The zero-order valence-electron chi connectivity index (χ0n) is 9.80. The second kappa shape index (κ2) is 4.06. The number of hydrogen-bond acceptors (Lipinski definition) is 2. The first-order valence-electron chi connectivity index (χ1n) is 6.82. The fourth-order valence-electron chi connectivity index (χ4n) is 3.17. The lowest BCUT2D eigenvalue weighted by Gasteiger charge is -2.18. The molecule has 3 aliphatic rings. The molecule has 1 N–H and O–H groups in total. The first-order valence-corrected chi connectivity index (χ1v) is 6.82. The maximum atomic E-state index is 3.69. The molecule has 1 heterocycles. The van der Waals surface area contributed by atoms with Gasteiger partial charge < -0.3 is 10.2 Å². The van der Waals surface area contributed by atoms with Gasteiger partial charge in [0.05, 0.1) is 0 Å². The van der Waals surface area contributed by atoms with Gasteiger partial charge in [-0.05, 0) is 62.9 Å². The van der Waals surface area contributed by atoms with E-state index in [0.717, 1.165) is 11.3 Å². The van der Waals surface area contributed by atoms with Crippen molar-refractivity contribution in [2.75, 3.05) is 32.7 Å². The van der Waals surface area contributed by atoms with Crippen LogP contribution in [0.4, 0.5) is 0 Å². The lowest BCUT2D eigenvalue weighted by molar-refractivity contribution is 0.322. The van der Waals surface area contributed by atoms with E-state index in [-0.39, 0.29) is 0 Å². The van der Waals surface area contributed by atoms with Gasteiger partial charge in [0.2, 0.25) is 0 Å². The van der Waals surface area contributed by atoms with Gasteiger partial charge in [0.1, 0.15) is 0 Å². The Labute approximate surface area is 93.4 Å². The van der Waals surface area contributed by atoms with Gasteiger partial charge in [0.15, 0.2) is 0 Å². The summed E-state index contributed by atoms with van der Waals surface area (Å²) < 4.78 is 0. The van der Waals surface area contributed by atoms with Crippen LogP contribution in [0.1, 0.15) is 38.5 Å². The molecule has 1 aliphatic heterocycles. The highest BCUT2D eigenvalue weighted by Crippen LogP contribution is 2.60. The molecule has 0 bridgehead atoms. The second-order valence-corrected chi connectivity index (χ2v) is 5.86. The first-order chi connectivity index (χ1) is 7.39. The Bertz CT molecular complexity index is 213. The summed E-state index contributed by atoms with van der Waals surface area (Å²) in [6.45, 7) is 6.49. The van der Waals surface area contributed by atoms with Crippen molar-refractivity contribution in [1.82, 2.24) is 10.2 Å². The summed E-state index contributed by atoms with van der Waals surface area (Å²) in [5, 5.41) is 3.69. The van der Waals surface area contributed by atoms with Gasteiger partial charge in [-0.2, -0.15) is 0 Å². The fourth-order valence-corrected chi connectivity index (χ4v) is 3.17. The number of nitrogens with zero attached hydrogens (tertiary/aromatic N) is 1. The molecule has 0 atom stereocenters. The van der Waals surface area contributed by atoms with Crippen LogP contribution in [0.25, 0.3) is 0 Å². The van der Waals surface area contributed by atoms with Crippen molar-refractivity contribution in [3.05, 3.63) is 0 Å². The number of rotatable bonds is 6. The van der Waals surface area contributed by atoms with Crippen LogP contribution in [0, 0.1) is 11.3 Å². The summed E-state index contributed by atoms with van der Waals surface area (Å²) in [5.41, 5.74) is 0.783. The van der Waals surface area contributed by atoms with Crippen molar-refractivity contribution < 1.29 is 0 Å². The summed E-state index contributed by atoms with van der Waals surface area (Å²) in [6.07, 6.45) is 8.91. The standard InChI is InChI=1S/C13H24N2/c1-2-9-15(8-1)10-7-14-11-13(5-6-13)12-3-4-12/h12,14H,1-11H2. The van der Waals surface area contributed by atoms with Crippen LogP contribution in [0.15, 0.2) is 0 Å². The maximum Gasteiger partial charge on any atom is 0.0107 e. The van der Waals surface area contributed by atoms with Crippen molar-refractivity contribution in [2.24, 2.45) is 11.3 Å². The predicted molar refractivity (Wildman–Crippen MR) is 62.9 cm³/mol. The second-order valence-electron chi connectivity index (χ2n) is 5.86. The van der Waals surface area contributed by atoms with Crippen molar-refractivity contribution in [1.29, 1.82) is 0 Å². The van der Waals surface area contributed by atoms with Crippen LogP contribution >= 0.6 is 0 Å². The number of likely N-dealkylation sites (tertiary alicyclic amines) is 1. The van der Waals surface area contributed by atoms with Gasteiger partial charge in [0, 0.05) is 19.6 Å². The summed E-state index contributed by atoms with van der Waals surface area (Å²) >= 11 is 0. The molecule has 2 heteroatoms.